The summed E-state index contributed by atoms with van der Waals surface area (Å²) in [4.78, 5) is 28.6. The third-order valence-corrected chi connectivity index (χ3v) is 4.76. The minimum atomic E-state index is -0.512. The van der Waals surface area contributed by atoms with Gasteiger partial charge in [-0.3, -0.25) is 14.6 Å². The summed E-state index contributed by atoms with van der Waals surface area (Å²) in [5.41, 5.74) is 1.33. The number of Topliss-reactive ketones (excluding diaryl/α,β-unsaturated/α-hetero) is 1. The van der Waals surface area contributed by atoms with Crippen LogP contribution >= 0.6 is 31.9 Å². The maximum atomic E-state index is 12.3. The van der Waals surface area contributed by atoms with Gasteiger partial charge < -0.3 is 4.74 Å². The molecule has 1 aromatic rings. The highest BCUT2D eigenvalue weighted by Gasteiger charge is 2.30. The third-order valence-electron chi connectivity index (χ3n) is 3.39. The highest BCUT2D eigenvalue weighted by atomic mass is 79.9. The monoisotopic (exact) mass is 427 g/mol. The van der Waals surface area contributed by atoms with Gasteiger partial charge in [-0.15, -0.1) is 0 Å². The lowest BCUT2D eigenvalue weighted by Gasteiger charge is -2.23. The van der Waals surface area contributed by atoms with Gasteiger partial charge in [0.25, 0.3) is 0 Å². The van der Waals surface area contributed by atoms with Crippen molar-refractivity contribution in [2.45, 2.75) is 12.5 Å². The second-order valence-electron chi connectivity index (χ2n) is 4.82. The molecule has 0 aliphatic carbocycles. The van der Waals surface area contributed by atoms with Crippen molar-refractivity contribution in [1.29, 1.82) is 0 Å². The van der Waals surface area contributed by atoms with E-state index >= 15 is 0 Å². The number of hydrogen-bond donors (Lipinski definition) is 0. The van der Waals surface area contributed by atoms with Crippen LogP contribution in [0.3, 0.4) is 0 Å². The van der Waals surface area contributed by atoms with Gasteiger partial charge in [-0.2, -0.15) is 0 Å². The average molecular weight is 429 g/mol. The van der Waals surface area contributed by atoms with Crippen molar-refractivity contribution in [3.8, 4) is 0 Å². The predicted molar refractivity (Wildman–Crippen MR) is 92.9 cm³/mol. The van der Waals surface area contributed by atoms with Crippen LogP contribution in [-0.4, -0.2) is 35.9 Å². The van der Waals surface area contributed by atoms with Crippen molar-refractivity contribution in [3.63, 3.8) is 0 Å². The summed E-state index contributed by atoms with van der Waals surface area (Å²) in [6, 6.07) is 8.81. The molecule has 4 nitrogen and oxygen atoms in total. The van der Waals surface area contributed by atoms with Gasteiger partial charge in [0.15, 0.2) is 5.78 Å². The summed E-state index contributed by atoms with van der Waals surface area (Å²) in [7, 11) is 1.35. The number of hydrogen-bond acceptors (Lipinski definition) is 4. The quantitative estimate of drug-likeness (QED) is 0.409. The van der Waals surface area contributed by atoms with E-state index in [0.29, 0.717) is 16.6 Å². The number of ether oxygens (including phenoxy) is 1. The number of esters is 1. The third kappa shape index (κ3) is 3.93. The number of rotatable bonds is 5. The fourth-order valence-electron chi connectivity index (χ4n) is 2.22. The van der Waals surface area contributed by atoms with Crippen LogP contribution in [0.4, 0.5) is 0 Å². The molecule has 2 unspecified atom stereocenters. The molecule has 22 heavy (non-hydrogen) atoms. The molecular formula is C16H15Br2NO3. The van der Waals surface area contributed by atoms with Gasteiger partial charge >= 0.3 is 5.97 Å². The van der Waals surface area contributed by atoms with Crippen LogP contribution < -0.4 is 0 Å². The summed E-state index contributed by atoms with van der Waals surface area (Å²) in [6.45, 7) is 0. The van der Waals surface area contributed by atoms with Crippen LogP contribution in [-0.2, 0) is 9.53 Å². The molecule has 0 radical (unpaired) electrons. The molecule has 1 aromatic carbocycles. The standard InChI is InChI=1S/C16H15Br2NO3/c1-22-16(21)11-7-12(18)13(19-14(11)9-17)8-15(20)10-5-3-2-4-6-10/h2-7,11,13H,8-9H2,1H3. The first-order valence-corrected chi connectivity index (χ1v) is 8.64. The molecule has 0 amide bonds. The minimum absolute atomic E-state index is 0.0186. The maximum Gasteiger partial charge on any atom is 0.318 e. The number of nitrogens with zero attached hydrogens (tertiary/aromatic N) is 1. The molecule has 2 atom stereocenters. The van der Waals surface area contributed by atoms with Crippen LogP contribution in [0.5, 0.6) is 0 Å². The Morgan fingerprint density at radius 2 is 1.95 bits per heavy atom. The first-order valence-electron chi connectivity index (χ1n) is 6.72. The van der Waals surface area contributed by atoms with Gasteiger partial charge in [-0.1, -0.05) is 68.3 Å². The van der Waals surface area contributed by atoms with E-state index in [2.05, 4.69) is 36.9 Å². The molecule has 0 spiro atoms. The highest BCUT2D eigenvalue weighted by molar-refractivity contribution is 9.11. The number of methoxy groups -OCH3 is 1. The lowest BCUT2D eigenvalue weighted by atomic mass is 9.96. The molecule has 0 aromatic heterocycles. The van der Waals surface area contributed by atoms with E-state index in [4.69, 9.17) is 4.74 Å². The number of benzene rings is 1. The number of dihydropyridines is 1. The van der Waals surface area contributed by atoms with Crippen molar-refractivity contribution in [1.82, 2.24) is 0 Å². The SMILES string of the molecule is COC(=O)C1C=C(Br)C(CC(=O)c2ccccc2)N=C1CBr. The number of ketones is 1. The first-order chi connectivity index (χ1) is 10.6. The minimum Gasteiger partial charge on any atom is -0.468 e. The molecular weight excluding hydrogens is 414 g/mol. The van der Waals surface area contributed by atoms with Crippen molar-refractivity contribution >= 4 is 49.3 Å². The van der Waals surface area contributed by atoms with Gasteiger partial charge in [0, 0.05) is 27.5 Å². The van der Waals surface area contributed by atoms with Gasteiger partial charge in [-0.05, 0) is 0 Å². The van der Waals surface area contributed by atoms with Gasteiger partial charge in [0.1, 0.15) is 5.92 Å². The number of halogens is 2. The van der Waals surface area contributed by atoms with E-state index in [1.165, 1.54) is 7.11 Å². The predicted octanol–water partition coefficient (Wildman–Crippen LogP) is 3.55. The van der Waals surface area contributed by atoms with Crippen LogP contribution in [0.15, 0.2) is 45.9 Å². The summed E-state index contributed by atoms with van der Waals surface area (Å²) in [6.07, 6.45) is 2.02. The Labute approximate surface area is 145 Å². The van der Waals surface area contributed by atoms with Crippen LogP contribution in [0.25, 0.3) is 0 Å². The number of carbonyl (C=O) groups is 2. The second-order valence-corrected chi connectivity index (χ2v) is 6.29. The molecule has 1 heterocycles. The topological polar surface area (TPSA) is 55.7 Å². The van der Waals surface area contributed by atoms with E-state index in [1.807, 2.05) is 18.2 Å². The summed E-state index contributed by atoms with van der Waals surface area (Å²) >= 11 is 6.77. The Bertz CT molecular complexity index is 626. The maximum absolute atomic E-state index is 12.3. The van der Waals surface area contributed by atoms with E-state index in [-0.39, 0.29) is 24.2 Å². The summed E-state index contributed by atoms with van der Waals surface area (Å²) < 4.78 is 5.52. The number of carbonyl (C=O) groups excluding carboxylic acids is 2. The normalized spacial score (nSPS) is 20.9. The second kappa shape index (κ2) is 7.83. The molecule has 1 aliphatic heterocycles. The lowest BCUT2D eigenvalue weighted by molar-refractivity contribution is -0.141. The van der Waals surface area contributed by atoms with Crippen molar-refractivity contribution < 1.29 is 14.3 Å². The van der Waals surface area contributed by atoms with E-state index in [1.54, 1.807) is 18.2 Å². The van der Waals surface area contributed by atoms with Crippen molar-refractivity contribution in [2.24, 2.45) is 10.9 Å². The Kier molecular flexibility index (Phi) is 6.08. The number of alkyl halides is 1. The van der Waals surface area contributed by atoms with Gasteiger partial charge in [-0.25, -0.2) is 0 Å². The Balaban J connectivity index is 2.17. The number of aliphatic imine (C=N–C) groups is 1. The Morgan fingerprint density at radius 1 is 1.27 bits per heavy atom. The Morgan fingerprint density at radius 3 is 2.55 bits per heavy atom. The molecule has 6 heteroatoms. The van der Waals surface area contributed by atoms with Crippen LogP contribution in [0.2, 0.25) is 0 Å². The van der Waals surface area contributed by atoms with E-state index in [9.17, 15) is 9.59 Å². The zero-order chi connectivity index (χ0) is 16.1. The summed E-state index contributed by atoms with van der Waals surface area (Å²) in [5, 5.41) is 0.458. The fraction of sp³-hybridized carbons (Fsp3) is 0.312. The van der Waals surface area contributed by atoms with Crippen molar-refractivity contribution in [3.05, 3.63) is 46.5 Å². The van der Waals surface area contributed by atoms with Gasteiger partial charge in [0.2, 0.25) is 0 Å². The smallest absolute Gasteiger partial charge is 0.318 e. The van der Waals surface area contributed by atoms with Gasteiger partial charge in [0.05, 0.1) is 13.2 Å². The fourth-order valence-corrected chi connectivity index (χ4v) is 3.24. The summed E-state index contributed by atoms with van der Waals surface area (Å²) in [5.74, 6) is -0.852. The van der Waals surface area contributed by atoms with Crippen LogP contribution in [0, 0.1) is 5.92 Å². The van der Waals surface area contributed by atoms with Crippen LogP contribution in [0.1, 0.15) is 16.8 Å². The molecule has 0 saturated carbocycles. The lowest BCUT2D eigenvalue weighted by Crippen LogP contribution is -2.31. The van der Waals surface area contributed by atoms with Crippen molar-refractivity contribution in [2.75, 3.05) is 12.4 Å². The molecule has 0 bridgehead atoms. The first kappa shape index (κ1) is 17.1. The zero-order valence-corrected chi connectivity index (χ0v) is 15.1. The molecule has 0 fully saturated rings. The molecule has 2 rings (SSSR count). The highest BCUT2D eigenvalue weighted by Crippen LogP contribution is 2.28. The molecule has 1 aliphatic rings. The molecule has 116 valence electrons. The van der Waals surface area contributed by atoms with E-state index in [0.717, 1.165) is 4.48 Å². The molecule has 0 saturated heterocycles. The van der Waals surface area contributed by atoms with E-state index < -0.39 is 5.92 Å². The average Bonchev–Trinajstić information content (AvgIpc) is 2.56. The Hall–Kier alpha value is -1.27. The molecule has 0 N–H and O–H groups in total. The zero-order valence-electron chi connectivity index (χ0n) is 12.0. The largest absolute Gasteiger partial charge is 0.468 e.